The first-order valence-electron chi connectivity index (χ1n) is 16.3. The van der Waals surface area contributed by atoms with Crippen molar-refractivity contribution >= 4 is 50.8 Å². The summed E-state index contributed by atoms with van der Waals surface area (Å²) in [6.45, 7) is 1.87. The summed E-state index contributed by atoms with van der Waals surface area (Å²) < 4.78 is 28.2. The molecular weight excluding hydrogens is 646 g/mol. The van der Waals surface area contributed by atoms with Gasteiger partial charge >= 0.3 is 12.0 Å². The third-order valence-corrected chi connectivity index (χ3v) is 10.2. The Kier molecular flexibility index (Phi) is 13.2. The van der Waals surface area contributed by atoms with Crippen LogP contribution in [0.3, 0.4) is 0 Å². The highest BCUT2D eigenvalue weighted by atomic mass is 32.2. The molecule has 49 heavy (non-hydrogen) atoms. The Morgan fingerprint density at radius 2 is 1.47 bits per heavy atom. The number of sulfonamides is 1. The summed E-state index contributed by atoms with van der Waals surface area (Å²) in [4.78, 5) is 50.1. The minimum Gasteiger partial charge on any atom is -0.480 e. The zero-order valence-electron chi connectivity index (χ0n) is 27.5. The molecule has 260 valence electrons. The number of carbonyl (C=O) groups is 4. The van der Waals surface area contributed by atoms with Gasteiger partial charge in [-0.3, -0.25) is 9.59 Å². The Morgan fingerprint density at radius 1 is 0.857 bits per heavy atom. The average molecular weight is 690 g/mol. The van der Waals surface area contributed by atoms with Crippen LogP contribution >= 0.6 is 0 Å². The van der Waals surface area contributed by atoms with Crippen LogP contribution < -0.4 is 16.0 Å². The molecule has 1 fully saturated rings. The number of ketones is 1. The van der Waals surface area contributed by atoms with Crippen molar-refractivity contribution in [1.82, 2.24) is 9.62 Å². The molecule has 1 aliphatic rings. The number of para-hydroxylation sites is 1. The summed E-state index contributed by atoms with van der Waals surface area (Å²) in [5, 5.41) is 25.2. The maximum Gasteiger partial charge on any atom is 0.326 e. The number of benzene rings is 3. The summed E-state index contributed by atoms with van der Waals surface area (Å²) in [6, 6.07) is 18.6. The molecular formula is C36H43N5O7S. The number of Topliss-reactive ketones (excluding diaryl/α,β-unsaturated/α-hetero) is 1. The number of hydrogen-bond donors (Lipinski definition) is 5. The third-order valence-electron chi connectivity index (χ3n) is 8.24. The third kappa shape index (κ3) is 11.1. The van der Waals surface area contributed by atoms with Gasteiger partial charge in [-0.05, 0) is 86.6 Å². The SMILES string of the molecule is CC(=N)CCCCCC(=O)Cc1ccc(CC(NC(=O)[C@@H]2CCCN2S(=O)(=O)c2ccc(NC(=O)Nc3ccccc3)cc2)C(=O)O)cc1. The number of carboxylic acids is 1. The largest absolute Gasteiger partial charge is 0.480 e. The molecule has 0 bridgehead atoms. The van der Waals surface area contributed by atoms with Crippen molar-refractivity contribution < 1.29 is 32.7 Å². The second-order valence-electron chi connectivity index (χ2n) is 12.2. The minimum absolute atomic E-state index is 0.0203. The molecule has 12 nitrogen and oxygen atoms in total. The van der Waals surface area contributed by atoms with E-state index in [1.54, 1.807) is 55.5 Å². The van der Waals surface area contributed by atoms with Crippen molar-refractivity contribution in [2.24, 2.45) is 0 Å². The fraction of sp³-hybridized carbons (Fsp3) is 0.361. The van der Waals surface area contributed by atoms with Crippen LogP contribution in [-0.2, 0) is 37.2 Å². The van der Waals surface area contributed by atoms with E-state index >= 15 is 0 Å². The van der Waals surface area contributed by atoms with Gasteiger partial charge in [-0.1, -0.05) is 48.9 Å². The van der Waals surface area contributed by atoms with Crippen molar-refractivity contribution in [3.05, 3.63) is 90.0 Å². The number of rotatable bonds is 17. The summed E-state index contributed by atoms with van der Waals surface area (Å²) in [5.74, 6) is -1.83. The smallest absolute Gasteiger partial charge is 0.326 e. The van der Waals surface area contributed by atoms with Crippen LogP contribution in [0.25, 0.3) is 0 Å². The van der Waals surface area contributed by atoms with Crippen LogP contribution in [0.1, 0.15) is 63.0 Å². The Morgan fingerprint density at radius 3 is 2.10 bits per heavy atom. The molecule has 1 saturated heterocycles. The molecule has 1 aliphatic heterocycles. The number of carboxylic acid groups (broad SMARTS) is 1. The molecule has 3 aromatic rings. The monoisotopic (exact) mass is 689 g/mol. The molecule has 1 heterocycles. The first-order chi connectivity index (χ1) is 23.4. The minimum atomic E-state index is -4.11. The van der Waals surface area contributed by atoms with Crippen LogP contribution in [0, 0.1) is 5.41 Å². The van der Waals surface area contributed by atoms with Gasteiger partial charge in [0, 0.05) is 42.9 Å². The zero-order chi connectivity index (χ0) is 35.4. The fourth-order valence-electron chi connectivity index (χ4n) is 5.65. The van der Waals surface area contributed by atoms with E-state index in [0.29, 0.717) is 35.5 Å². The predicted molar refractivity (Wildman–Crippen MR) is 187 cm³/mol. The molecule has 3 aromatic carbocycles. The van der Waals surface area contributed by atoms with Gasteiger partial charge in [0.05, 0.1) is 4.90 Å². The van der Waals surface area contributed by atoms with Gasteiger partial charge in [-0.25, -0.2) is 18.0 Å². The van der Waals surface area contributed by atoms with E-state index in [9.17, 15) is 32.7 Å². The number of amides is 3. The molecule has 0 saturated carbocycles. The van der Waals surface area contributed by atoms with Gasteiger partial charge in [-0.15, -0.1) is 0 Å². The number of nitrogens with one attached hydrogen (secondary N) is 4. The Balaban J connectivity index is 1.31. The molecule has 2 atom stereocenters. The van der Waals surface area contributed by atoms with E-state index in [-0.39, 0.29) is 36.5 Å². The number of aliphatic carboxylic acids is 1. The van der Waals surface area contributed by atoms with E-state index in [0.717, 1.165) is 35.6 Å². The fourth-order valence-corrected chi connectivity index (χ4v) is 7.31. The predicted octanol–water partition coefficient (Wildman–Crippen LogP) is 5.40. The summed E-state index contributed by atoms with van der Waals surface area (Å²) >= 11 is 0. The lowest BCUT2D eigenvalue weighted by Crippen LogP contribution is -2.51. The normalized spacial score (nSPS) is 15.2. The molecule has 0 aliphatic carbocycles. The standard InChI is InChI=1S/C36H43N5O7S/c1-25(37)9-4-2-7-12-30(42)23-26-14-16-27(17-15-26)24-32(35(44)45)40-34(43)33-13-8-22-41(33)49(47,48)31-20-18-29(19-21-31)39-36(46)38-28-10-5-3-6-11-28/h3,5-6,10-11,14-21,32-33,37H,2,4,7-9,12-13,22-24H2,1H3,(H,40,43)(H,44,45)(H2,38,39,46)/t32?,33-/m0/s1. The number of anilines is 2. The van der Waals surface area contributed by atoms with Crippen molar-refractivity contribution in [2.75, 3.05) is 17.2 Å². The number of urea groups is 1. The number of unbranched alkanes of at least 4 members (excludes halogenated alkanes) is 2. The summed E-state index contributed by atoms with van der Waals surface area (Å²) in [5.41, 5.74) is 3.06. The van der Waals surface area contributed by atoms with Crippen LogP contribution in [-0.4, -0.2) is 65.9 Å². The van der Waals surface area contributed by atoms with E-state index in [1.807, 2.05) is 6.07 Å². The van der Waals surface area contributed by atoms with Gasteiger partial charge in [0.1, 0.15) is 17.9 Å². The molecule has 1 unspecified atom stereocenters. The van der Waals surface area contributed by atoms with Crippen LogP contribution in [0.4, 0.5) is 16.2 Å². The molecule has 0 spiro atoms. The van der Waals surface area contributed by atoms with E-state index < -0.39 is 40.0 Å². The molecule has 13 heteroatoms. The summed E-state index contributed by atoms with van der Waals surface area (Å²) in [6.07, 6.45) is 4.72. The Labute approximate surface area is 286 Å². The Bertz CT molecular complexity index is 1730. The van der Waals surface area contributed by atoms with E-state index in [2.05, 4.69) is 16.0 Å². The molecule has 0 aromatic heterocycles. The van der Waals surface area contributed by atoms with Gasteiger partial charge in [-0.2, -0.15) is 4.31 Å². The highest BCUT2D eigenvalue weighted by Crippen LogP contribution is 2.27. The van der Waals surface area contributed by atoms with Gasteiger partial charge < -0.3 is 26.5 Å². The number of hydrogen-bond acceptors (Lipinski definition) is 7. The zero-order valence-corrected chi connectivity index (χ0v) is 28.3. The first-order valence-corrected chi connectivity index (χ1v) is 17.8. The van der Waals surface area contributed by atoms with Crippen LogP contribution in [0.15, 0.2) is 83.8 Å². The van der Waals surface area contributed by atoms with Gasteiger partial charge in [0.15, 0.2) is 0 Å². The quantitative estimate of drug-likeness (QED) is 0.0928. The topological polar surface area (TPSA) is 186 Å². The van der Waals surface area contributed by atoms with Crippen LogP contribution in [0.2, 0.25) is 0 Å². The molecule has 3 amide bonds. The van der Waals surface area contributed by atoms with E-state index in [1.165, 1.54) is 24.3 Å². The lowest BCUT2D eigenvalue weighted by molar-refractivity contribution is -0.142. The van der Waals surface area contributed by atoms with Crippen molar-refractivity contribution in [1.29, 1.82) is 5.41 Å². The summed E-state index contributed by atoms with van der Waals surface area (Å²) in [7, 11) is -4.11. The van der Waals surface area contributed by atoms with Gasteiger partial charge in [0.2, 0.25) is 15.9 Å². The number of carbonyl (C=O) groups excluding carboxylic acids is 3. The highest BCUT2D eigenvalue weighted by Gasteiger charge is 2.40. The maximum atomic E-state index is 13.6. The highest BCUT2D eigenvalue weighted by molar-refractivity contribution is 7.89. The van der Waals surface area contributed by atoms with Crippen molar-refractivity contribution in [2.45, 2.75) is 81.7 Å². The van der Waals surface area contributed by atoms with E-state index in [4.69, 9.17) is 5.41 Å². The number of nitrogens with zero attached hydrogens (tertiary/aromatic N) is 1. The van der Waals surface area contributed by atoms with Crippen molar-refractivity contribution in [3.8, 4) is 0 Å². The van der Waals surface area contributed by atoms with Crippen LogP contribution in [0.5, 0.6) is 0 Å². The lowest BCUT2D eigenvalue weighted by atomic mass is 10.00. The lowest BCUT2D eigenvalue weighted by Gasteiger charge is -2.25. The molecule has 4 rings (SSSR count). The second-order valence-corrected chi connectivity index (χ2v) is 14.1. The van der Waals surface area contributed by atoms with Crippen molar-refractivity contribution in [3.63, 3.8) is 0 Å². The maximum absolute atomic E-state index is 13.6. The molecule has 0 radical (unpaired) electrons. The first kappa shape index (κ1) is 36.9. The molecule has 5 N–H and O–H groups in total. The second kappa shape index (κ2) is 17.5. The average Bonchev–Trinajstić information content (AvgIpc) is 3.57. The Hall–Kier alpha value is -4.88. The van der Waals surface area contributed by atoms with Gasteiger partial charge in [0.25, 0.3) is 0 Å².